The second-order valence-corrected chi connectivity index (χ2v) is 11.5. The highest BCUT2D eigenvalue weighted by Gasteiger charge is 2.54. The van der Waals surface area contributed by atoms with Gasteiger partial charge in [-0.15, -0.1) is 0 Å². The van der Waals surface area contributed by atoms with Crippen LogP contribution in [0.4, 0.5) is 5.69 Å². The fourth-order valence-electron chi connectivity index (χ4n) is 6.62. The Bertz CT molecular complexity index is 1000. The first-order valence-corrected chi connectivity index (χ1v) is 14.2. The first kappa shape index (κ1) is 27.1. The molecule has 1 aromatic carbocycles. The molecule has 9 nitrogen and oxygen atoms in total. The van der Waals surface area contributed by atoms with Crippen LogP contribution in [0.1, 0.15) is 56.3 Å². The number of likely N-dealkylation sites (tertiary alicyclic amines) is 1. The van der Waals surface area contributed by atoms with E-state index in [1.54, 1.807) is 12.0 Å². The maximum Gasteiger partial charge on any atom is 0.251 e. The maximum atomic E-state index is 13.9. The number of hydrogen-bond acceptors (Lipinski definition) is 7. The number of ether oxygens (including phenoxy) is 2. The third-order valence-electron chi connectivity index (χ3n) is 8.94. The highest BCUT2D eigenvalue weighted by Crippen LogP contribution is 2.33. The van der Waals surface area contributed by atoms with Gasteiger partial charge in [0.15, 0.2) is 5.78 Å². The van der Waals surface area contributed by atoms with Crippen LogP contribution in [-0.2, 0) is 19.1 Å². The second-order valence-electron chi connectivity index (χ2n) is 11.5. The quantitative estimate of drug-likeness (QED) is 0.582. The number of carbonyl (C=O) groups is 3. The van der Waals surface area contributed by atoms with Gasteiger partial charge in [0.25, 0.3) is 5.91 Å². The lowest BCUT2D eigenvalue weighted by molar-refractivity contribution is -0.139. The van der Waals surface area contributed by atoms with E-state index in [0.29, 0.717) is 18.2 Å². The first-order chi connectivity index (χ1) is 18.4. The summed E-state index contributed by atoms with van der Waals surface area (Å²) in [6, 6.07) is 6.95. The molecule has 208 valence electrons. The molecule has 4 fully saturated rings. The van der Waals surface area contributed by atoms with E-state index in [1.807, 2.05) is 24.3 Å². The van der Waals surface area contributed by atoms with Gasteiger partial charge in [-0.2, -0.15) is 0 Å². The van der Waals surface area contributed by atoms with Gasteiger partial charge in [-0.05, 0) is 56.9 Å². The van der Waals surface area contributed by atoms with Gasteiger partial charge >= 0.3 is 0 Å². The van der Waals surface area contributed by atoms with Gasteiger partial charge in [0.05, 0.1) is 6.54 Å². The molecule has 5 rings (SSSR count). The minimum Gasteiger partial charge on any atom is -0.377 e. The van der Waals surface area contributed by atoms with Crippen molar-refractivity contribution in [3.05, 3.63) is 29.8 Å². The highest BCUT2D eigenvalue weighted by molar-refractivity contribution is 5.99. The number of Topliss-reactive ketones (excluding diaryl/α,β-unsaturated/α-hetero) is 1. The van der Waals surface area contributed by atoms with E-state index < -0.39 is 18.2 Å². The predicted octanol–water partition coefficient (Wildman–Crippen LogP) is 2.09. The van der Waals surface area contributed by atoms with Gasteiger partial charge in [0.1, 0.15) is 30.9 Å². The van der Waals surface area contributed by atoms with Crippen molar-refractivity contribution in [2.75, 3.05) is 51.3 Å². The summed E-state index contributed by atoms with van der Waals surface area (Å²) < 4.78 is 11.2. The number of methoxy groups -OCH3 is 1. The average Bonchev–Trinajstić information content (AvgIpc) is 3.52. The lowest BCUT2D eigenvalue weighted by atomic mass is 9.83. The molecule has 4 atom stereocenters. The monoisotopic (exact) mass is 526 g/mol. The first-order valence-electron chi connectivity index (χ1n) is 14.2. The van der Waals surface area contributed by atoms with Crippen molar-refractivity contribution >= 4 is 23.3 Å². The van der Waals surface area contributed by atoms with Gasteiger partial charge < -0.3 is 24.6 Å². The number of fused-ring (bicyclic) bond motifs is 1. The van der Waals surface area contributed by atoms with Crippen molar-refractivity contribution in [1.82, 2.24) is 15.1 Å². The number of amides is 2. The number of ketones is 1. The average molecular weight is 527 g/mol. The molecule has 0 aromatic heterocycles. The van der Waals surface area contributed by atoms with Crippen molar-refractivity contribution < 1.29 is 23.9 Å². The largest absolute Gasteiger partial charge is 0.377 e. The standard InChI is InChI=1S/C29H42N4O5/c1-19(2)31-13-15-32(16-14-31)22-11-9-21(10-12-22)28(35)30-25(20-7-5-4-6-8-20)29(36)33-17-24(37-3)27-26(33)23(34)18-38-27/h9-12,19-20,24-27H,4-8,13-18H2,1-3H3,(H,30,35)/t24-,25+,26-,27-/m1/s1. The number of nitrogens with zero attached hydrogens (tertiary/aromatic N) is 3. The summed E-state index contributed by atoms with van der Waals surface area (Å²) in [5, 5.41) is 3.08. The molecule has 4 aliphatic rings. The molecule has 0 spiro atoms. The Morgan fingerprint density at radius 2 is 1.71 bits per heavy atom. The summed E-state index contributed by atoms with van der Waals surface area (Å²) in [6.45, 7) is 8.74. The van der Waals surface area contributed by atoms with Gasteiger partial charge in [-0.25, -0.2) is 0 Å². The number of anilines is 1. The maximum absolute atomic E-state index is 13.9. The van der Waals surface area contributed by atoms with Crippen molar-refractivity contribution in [3.8, 4) is 0 Å². The van der Waals surface area contributed by atoms with Crippen LogP contribution in [0, 0.1) is 5.92 Å². The van der Waals surface area contributed by atoms with Crippen molar-refractivity contribution in [2.45, 2.75) is 76.3 Å². The minimum absolute atomic E-state index is 0.00169. The Morgan fingerprint density at radius 3 is 2.34 bits per heavy atom. The number of piperazine rings is 1. The molecular weight excluding hydrogens is 484 g/mol. The smallest absolute Gasteiger partial charge is 0.251 e. The summed E-state index contributed by atoms with van der Waals surface area (Å²) >= 11 is 0. The Morgan fingerprint density at radius 1 is 1.03 bits per heavy atom. The van der Waals surface area contributed by atoms with E-state index in [0.717, 1.165) is 64.0 Å². The molecule has 0 bridgehead atoms. The zero-order valence-corrected chi connectivity index (χ0v) is 22.9. The molecular formula is C29H42N4O5. The van der Waals surface area contributed by atoms with E-state index in [1.165, 1.54) is 0 Å². The Balaban J connectivity index is 1.29. The summed E-state index contributed by atoms with van der Waals surface area (Å²) in [4.78, 5) is 46.4. The summed E-state index contributed by atoms with van der Waals surface area (Å²) in [5.41, 5.74) is 1.65. The third-order valence-corrected chi connectivity index (χ3v) is 8.94. The molecule has 0 radical (unpaired) electrons. The van der Waals surface area contributed by atoms with Gasteiger partial charge in [-0.3, -0.25) is 19.3 Å². The van der Waals surface area contributed by atoms with Crippen molar-refractivity contribution in [2.24, 2.45) is 5.92 Å². The lowest BCUT2D eigenvalue weighted by Gasteiger charge is -2.38. The SMILES string of the molecule is CO[C@@H]1CN(C(=O)[C@@H](NC(=O)c2ccc(N3CCN(C(C)C)CC3)cc2)C2CCCCC2)[C@@H]2C(=O)CO[C@@H]21. The minimum atomic E-state index is -0.670. The summed E-state index contributed by atoms with van der Waals surface area (Å²) in [6.07, 6.45) is 4.22. The second kappa shape index (κ2) is 11.7. The fraction of sp³-hybridized carbons (Fsp3) is 0.690. The Kier molecular flexibility index (Phi) is 8.35. The van der Waals surface area contributed by atoms with E-state index >= 15 is 0 Å². The van der Waals surface area contributed by atoms with Crippen LogP contribution in [-0.4, -0.2) is 104 Å². The number of nitrogens with one attached hydrogen (secondary N) is 1. The molecule has 1 aromatic rings. The molecule has 1 aliphatic carbocycles. The van der Waals surface area contributed by atoms with Gasteiger partial charge in [0.2, 0.25) is 5.91 Å². The molecule has 1 saturated carbocycles. The van der Waals surface area contributed by atoms with E-state index in [4.69, 9.17) is 9.47 Å². The highest BCUT2D eigenvalue weighted by atomic mass is 16.5. The summed E-state index contributed by atoms with van der Waals surface area (Å²) in [5.74, 6) is -0.493. The number of carbonyl (C=O) groups excluding carboxylic acids is 3. The number of benzene rings is 1. The number of hydrogen-bond donors (Lipinski definition) is 1. The van der Waals surface area contributed by atoms with Crippen LogP contribution < -0.4 is 10.2 Å². The van der Waals surface area contributed by atoms with Crippen molar-refractivity contribution in [3.63, 3.8) is 0 Å². The van der Waals surface area contributed by atoms with Crippen LogP contribution in [0.15, 0.2) is 24.3 Å². The molecule has 2 amide bonds. The van der Waals surface area contributed by atoms with E-state index in [2.05, 4.69) is 29.0 Å². The normalized spacial score (nSPS) is 27.6. The topological polar surface area (TPSA) is 91.4 Å². The molecule has 0 unspecified atom stereocenters. The lowest BCUT2D eigenvalue weighted by Crippen LogP contribution is -2.55. The van der Waals surface area contributed by atoms with Crippen LogP contribution in [0.2, 0.25) is 0 Å². The Hall–Kier alpha value is -2.49. The molecule has 3 aliphatic heterocycles. The molecule has 1 N–H and O–H groups in total. The fourth-order valence-corrected chi connectivity index (χ4v) is 6.62. The van der Waals surface area contributed by atoms with Gasteiger partial charge in [0, 0.05) is 50.6 Å². The third kappa shape index (κ3) is 5.46. The molecule has 3 heterocycles. The summed E-state index contributed by atoms with van der Waals surface area (Å²) in [7, 11) is 1.58. The molecule has 9 heteroatoms. The van der Waals surface area contributed by atoms with Crippen LogP contribution in [0.25, 0.3) is 0 Å². The van der Waals surface area contributed by atoms with Gasteiger partial charge in [-0.1, -0.05) is 19.3 Å². The predicted molar refractivity (Wildman–Crippen MR) is 144 cm³/mol. The van der Waals surface area contributed by atoms with Crippen molar-refractivity contribution in [1.29, 1.82) is 0 Å². The Labute approximate surface area is 225 Å². The van der Waals surface area contributed by atoms with E-state index in [-0.39, 0.29) is 36.2 Å². The zero-order chi connectivity index (χ0) is 26.8. The molecule has 3 saturated heterocycles. The van der Waals surface area contributed by atoms with Crippen LogP contribution >= 0.6 is 0 Å². The van der Waals surface area contributed by atoms with Crippen LogP contribution in [0.3, 0.4) is 0 Å². The molecule has 38 heavy (non-hydrogen) atoms. The zero-order valence-electron chi connectivity index (χ0n) is 22.9. The van der Waals surface area contributed by atoms with E-state index in [9.17, 15) is 14.4 Å². The van der Waals surface area contributed by atoms with Crippen LogP contribution in [0.5, 0.6) is 0 Å². The number of rotatable bonds is 7.